The maximum atomic E-state index is 13.5. The molecule has 0 aliphatic rings. The van der Waals surface area contributed by atoms with E-state index in [1.807, 2.05) is 0 Å². The highest BCUT2D eigenvalue weighted by Gasteiger charge is 2.26. The molecule has 0 aliphatic carbocycles. The Balaban J connectivity index is 2.34. The molecule has 1 N–H and O–H groups in total. The molecule has 4 nitrogen and oxygen atoms in total. The fraction of sp³-hybridized carbons (Fsp3) is 0.167. The van der Waals surface area contributed by atoms with E-state index in [0.717, 1.165) is 0 Å². The van der Waals surface area contributed by atoms with Crippen LogP contribution in [0.5, 0.6) is 0 Å². The average Bonchev–Trinajstić information content (AvgIpc) is 2.89. The number of hydrogen-bond acceptors (Lipinski definition) is 3. The van der Waals surface area contributed by atoms with Gasteiger partial charge in [0.25, 0.3) is 0 Å². The van der Waals surface area contributed by atoms with Gasteiger partial charge in [0.15, 0.2) is 17.5 Å². The lowest BCUT2D eigenvalue weighted by Crippen LogP contribution is -2.27. The van der Waals surface area contributed by atoms with Gasteiger partial charge in [-0.1, -0.05) is 0 Å². The minimum Gasteiger partial charge on any atom is -0.468 e. The Morgan fingerprint density at radius 1 is 1.15 bits per heavy atom. The van der Waals surface area contributed by atoms with Crippen LogP contribution in [0.3, 0.4) is 0 Å². The smallest absolute Gasteiger partial charge is 0.244 e. The van der Waals surface area contributed by atoms with Crippen LogP contribution in [0, 0.1) is 17.5 Å². The summed E-state index contributed by atoms with van der Waals surface area (Å²) in [4.78, 5) is -0.963. The second-order valence-electron chi connectivity index (χ2n) is 4.03. The summed E-state index contributed by atoms with van der Waals surface area (Å²) < 4.78 is 70.3. The molecule has 1 aromatic carbocycles. The van der Waals surface area contributed by atoms with Crippen molar-refractivity contribution in [3.8, 4) is 0 Å². The summed E-state index contributed by atoms with van der Waals surface area (Å²) in [7, 11) is -4.35. The van der Waals surface area contributed by atoms with Crippen molar-refractivity contribution in [2.45, 2.75) is 17.9 Å². The Bertz CT molecular complexity index is 714. The van der Waals surface area contributed by atoms with Gasteiger partial charge in [0.1, 0.15) is 10.7 Å². The van der Waals surface area contributed by atoms with Crippen molar-refractivity contribution in [2.24, 2.45) is 0 Å². The molecule has 8 heteroatoms. The lowest BCUT2D eigenvalue weighted by Gasteiger charge is -2.12. The summed E-state index contributed by atoms with van der Waals surface area (Å²) in [6.45, 7) is 1.47. The maximum Gasteiger partial charge on any atom is 0.244 e. The normalized spacial score (nSPS) is 13.4. The van der Waals surface area contributed by atoms with E-state index in [2.05, 4.69) is 4.72 Å². The number of sulfonamides is 1. The van der Waals surface area contributed by atoms with E-state index in [-0.39, 0.29) is 0 Å². The molecule has 20 heavy (non-hydrogen) atoms. The van der Waals surface area contributed by atoms with Crippen LogP contribution >= 0.6 is 0 Å². The third kappa shape index (κ3) is 2.70. The Morgan fingerprint density at radius 3 is 2.45 bits per heavy atom. The number of nitrogens with one attached hydrogen (secondary N) is 1. The summed E-state index contributed by atoms with van der Waals surface area (Å²) >= 11 is 0. The number of hydrogen-bond donors (Lipinski definition) is 1. The zero-order valence-corrected chi connectivity index (χ0v) is 11.0. The second-order valence-corrected chi connectivity index (χ2v) is 5.71. The molecule has 0 bridgehead atoms. The van der Waals surface area contributed by atoms with E-state index in [1.54, 1.807) is 6.07 Å². The molecule has 0 fully saturated rings. The molecule has 108 valence electrons. The zero-order chi connectivity index (χ0) is 14.9. The van der Waals surface area contributed by atoms with Gasteiger partial charge in [-0.25, -0.2) is 26.3 Å². The summed E-state index contributed by atoms with van der Waals surface area (Å²) in [6.07, 6.45) is 1.35. The van der Waals surface area contributed by atoms with Crippen molar-refractivity contribution >= 4 is 10.0 Å². The molecule has 0 saturated heterocycles. The van der Waals surface area contributed by atoms with E-state index in [1.165, 1.54) is 19.3 Å². The molecular weight excluding hydrogens is 295 g/mol. The number of furan rings is 1. The fourth-order valence-electron chi connectivity index (χ4n) is 1.61. The van der Waals surface area contributed by atoms with Gasteiger partial charge in [0, 0.05) is 0 Å². The van der Waals surface area contributed by atoms with Crippen LogP contribution in [-0.2, 0) is 10.0 Å². The molecule has 0 aliphatic heterocycles. The highest BCUT2D eigenvalue weighted by molar-refractivity contribution is 7.89. The predicted molar refractivity (Wildman–Crippen MR) is 63.8 cm³/mol. The summed E-state index contributed by atoms with van der Waals surface area (Å²) in [5.74, 6) is -4.75. The van der Waals surface area contributed by atoms with Crippen molar-refractivity contribution < 1.29 is 26.0 Å². The molecule has 1 heterocycles. The Kier molecular flexibility index (Phi) is 3.87. The molecule has 1 aromatic heterocycles. The Labute approximate surface area is 113 Å². The number of benzene rings is 1. The molecule has 1 atom stereocenters. The van der Waals surface area contributed by atoms with Crippen molar-refractivity contribution in [3.05, 3.63) is 53.7 Å². The summed E-state index contributed by atoms with van der Waals surface area (Å²) in [6, 6.07) is 3.49. The zero-order valence-electron chi connectivity index (χ0n) is 10.2. The van der Waals surface area contributed by atoms with Gasteiger partial charge in [0.05, 0.1) is 12.3 Å². The minimum atomic E-state index is -4.35. The Morgan fingerprint density at radius 2 is 1.85 bits per heavy atom. The van der Waals surface area contributed by atoms with Crippen LogP contribution in [0.2, 0.25) is 0 Å². The first-order chi connectivity index (χ1) is 9.33. The quantitative estimate of drug-likeness (QED) is 0.884. The molecule has 0 unspecified atom stereocenters. The minimum absolute atomic E-state index is 0.302. The number of halogens is 3. The predicted octanol–water partition coefficient (Wildman–Crippen LogP) is 2.74. The first-order valence-electron chi connectivity index (χ1n) is 5.52. The van der Waals surface area contributed by atoms with Crippen molar-refractivity contribution in [3.63, 3.8) is 0 Å². The summed E-state index contributed by atoms with van der Waals surface area (Å²) in [5, 5.41) is 0. The summed E-state index contributed by atoms with van der Waals surface area (Å²) in [5.41, 5.74) is 0. The lowest BCUT2D eigenvalue weighted by molar-refractivity contribution is 0.429. The van der Waals surface area contributed by atoms with Gasteiger partial charge in [0.2, 0.25) is 10.0 Å². The van der Waals surface area contributed by atoms with Gasteiger partial charge in [-0.15, -0.1) is 0 Å². The lowest BCUT2D eigenvalue weighted by atomic mass is 10.3. The highest BCUT2D eigenvalue weighted by atomic mass is 32.2. The molecule has 2 rings (SSSR count). The topological polar surface area (TPSA) is 59.3 Å². The maximum absolute atomic E-state index is 13.5. The first kappa shape index (κ1) is 14.6. The first-order valence-corrected chi connectivity index (χ1v) is 7.00. The molecular formula is C12H10F3NO3S. The number of rotatable bonds is 4. The van der Waals surface area contributed by atoms with E-state index in [4.69, 9.17) is 4.42 Å². The van der Waals surface area contributed by atoms with E-state index < -0.39 is 38.4 Å². The third-order valence-corrected chi connectivity index (χ3v) is 4.15. The van der Waals surface area contributed by atoms with Gasteiger partial charge < -0.3 is 4.42 Å². The average molecular weight is 305 g/mol. The van der Waals surface area contributed by atoms with Crippen molar-refractivity contribution in [1.82, 2.24) is 4.72 Å². The van der Waals surface area contributed by atoms with Crippen molar-refractivity contribution in [2.75, 3.05) is 0 Å². The molecule has 0 amide bonds. The van der Waals surface area contributed by atoms with Gasteiger partial charge in [-0.2, -0.15) is 0 Å². The molecule has 0 saturated carbocycles. The molecule has 0 radical (unpaired) electrons. The van der Waals surface area contributed by atoms with Gasteiger partial charge in [-0.3, -0.25) is 0 Å². The van der Waals surface area contributed by atoms with E-state index in [9.17, 15) is 21.6 Å². The van der Waals surface area contributed by atoms with Crippen LogP contribution in [0.25, 0.3) is 0 Å². The second kappa shape index (κ2) is 5.29. The SMILES string of the molecule is C[C@H](NS(=O)(=O)c1ccc(F)c(F)c1F)c1ccco1. The largest absolute Gasteiger partial charge is 0.468 e. The monoisotopic (exact) mass is 305 g/mol. The van der Waals surface area contributed by atoms with E-state index in [0.29, 0.717) is 17.9 Å². The molecule has 0 spiro atoms. The van der Waals surface area contributed by atoms with Crippen LogP contribution in [0.1, 0.15) is 18.7 Å². The van der Waals surface area contributed by atoms with E-state index >= 15 is 0 Å². The van der Waals surface area contributed by atoms with Crippen LogP contribution < -0.4 is 4.72 Å². The van der Waals surface area contributed by atoms with Crippen molar-refractivity contribution in [1.29, 1.82) is 0 Å². The van der Waals surface area contributed by atoms with Crippen LogP contribution in [0.4, 0.5) is 13.2 Å². The van der Waals surface area contributed by atoms with Crippen LogP contribution in [0.15, 0.2) is 39.8 Å². The van der Waals surface area contributed by atoms with Gasteiger partial charge in [-0.05, 0) is 31.2 Å². The fourth-order valence-corrected chi connectivity index (χ4v) is 2.89. The van der Waals surface area contributed by atoms with Crippen LogP contribution in [-0.4, -0.2) is 8.42 Å². The highest BCUT2D eigenvalue weighted by Crippen LogP contribution is 2.22. The Hall–Kier alpha value is -1.80. The molecule has 2 aromatic rings. The van der Waals surface area contributed by atoms with Gasteiger partial charge >= 0.3 is 0 Å². The third-order valence-electron chi connectivity index (χ3n) is 2.59. The standard InChI is InChI=1S/C12H10F3NO3S/c1-7(9-3-2-6-19-9)16-20(17,18)10-5-4-8(13)11(14)12(10)15/h2-7,16H,1H3/t7-/m0/s1.